The number of rotatable bonds is 7. The first kappa shape index (κ1) is 16.2. The van der Waals surface area contributed by atoms with Crippen molar-refractivity contribution in [2.45, 2.75) is 26.4 Å². The van der Waals surface area contributed by atoms with Crippen LogP contribution in [-0.4, -0.2) is 12.9 Å². The molecule has 0 unspecified atom stereocenters. The first-order chi connectivity index (χ1) is 10.7. The molecule has 2 rings (SSSR count). The van der Waals surface area contributed by atoms with Gasteiger partial charge in [-0.25, -0.2) is 0 Å². The van der Waals surface area contributed by atoms with Crippen LogP contribution in [-0.2, 0) is 24.2 Å². The molecule has 0 spiro atoms. The van der Waals surface area contributed by atoms with Crippen molar-refractivity contribution >= 4 is 5.78 Å². The Hall–Kier alpha value is -2.19. The summed E-state index contributed by atoms with van der Waals surface area (Å²) in [5.74, 6) is 0.0603. The van der Waals surface area contributed by atoms with E-state index >= 15 is 0 Å². The average molecular weight is 294 g/mol. The number of ketones is 1. The van der Waals surface area contributed by atoms with Gasteiger partial charge in [0.25, 0.3) is 0 Å². The highest BCUT2D eigenvalue weighted by Gasteiger charge is 2.14. The van der Waals surface area contributed by atoms with Crippen molar-refractivity contribution < 1.29 is 9.53 Å². The summed E-state index contributed by atoms with van der Waals surface area (Å²) in [6.45, 7) is 6.39. The van der Waals surface area contributed by atoms with Crippen LogP contribution >= 0.6 is 0 Å². The van der Waals surface area contributed by atoms with Gasteiger partial charge in [-0.15, -0.1) is 6.58 Å². The van der Waals surface area contributed by atoms with E-state index in [-0.39, 0.29) is 5.78 Å². The van der Waals surface area contributed by atoms with Gasteiger partial charge in [-0.05, 0) is 41.7 Å². The lowest BCUT2D eigenvalue weighted by Gasteiger charge is -2.10. The van der Waals surface area contributed by atoms with Crippen LogP contribution in [0.25, 0.3) is 0 Å². The van der Waals surface area contributed by atoms with E-state index in [0.717, 1.165) is 23.1 Å². The van der Waals surface area contributed by atoms with E-state index in [9.17, 15) is 4.79 Å². The van der Waals surface area contributed by atoms with Crippen molar-refractivity contribution in [3.63, 3.8) is 0 Å². The predicted molar refractivity (Wildman–Crippen MR) is 90.3 cm³/mol. The lowest BCUT2D eigenvalue weighted by atomic mass is 9.93. The Kier molecular flexibility index (Phi) is 5.68. The largest absolute Gasteiger partial charge is 0.380 e. The normalized spacial score (nSPS) is 10.5. The van der Waals surface area contributed by atoms with Crippen LogP contribution in [0.3, 0.4) is 0 Å². The minimum Gasteiger partial charge on any atom is -0.380 e. The first-order valence-corrected chi connectivity index (χ1v) is 7.54. The van der Waals surface area contributed by atoms with Crippen molar-refractivity contribution in [1.82, 2.24) is 0 Å². The number of hydrogen-bond donors (Lipinski definition) is 0. The number of methoxy groups -OCH3 is 1. The summed E-state index contributed by atoms with van der Waals surface area (Å²) in [4.78, 5) is 12.9. The fourth-order valence-electron chi connectivity index (χ4n) is 2.51. The highest BCUT2D eigenvalue weighted by atomic mass is 16.5. The molecule has 0 aliphatic carbocycles. The third-order valence-corrected chi connectivity index (χ3v) is 3.69. The molecule has 0 aliphatic rings. The lowest BCUT2D eigenvalue weighted by molar-refractivity contribution is 0.103. The van der Waals surface area contributed by atoms with E-state index in [4.69, 9.17) is 4.74 Å². The molecule has 0 heterocycles. The van der Waals surface area contributed by atoms with Crippen molar-refractivity contribution in [3.8, 4) is 0 Å². The molecule has 0 N–H and O–H groups in total. The Morgan fingerprint density at radius 1 is 1.18 bits per heavy atom. The van der Waals surface area contributed by atoms with Gasteiger partial charge in [0.1, 0.15) is 0 Å². The molecule has 0 saturated carbocycles. The number of aryl methyl sites for hydroxylation is 1. The molecule has 2 heteroatoms. The number of hydrogen-bond acceptors (Lipinski definition) is 2. The molecular weight excluding hydrogens is 272 g/mol. The second kappa shape index (κ2) is 7.71. The van der Waals surface area contributed by atoms with Gasteiger partial charge >= 0.3 is 0 Å². The lowest BCUT2D eigenvalue weighted by Crippen LogP contribution is -2.07. The van der Waals surface area contributed by atoms with Gasteiger partial charge < -0.3 is 4.74 Å². The molecule has 0 aliphatic heterocycles. The smallest absolute Gasteiger partial charge is 0.193 e. The maximum Gasteiger partial charge on any atom is 0.193 e. The number of carbonyl (C=O) groups is 1. The van der Waals surface area contributed by atoms with Crippen molar-refractivity contribution in [2.75, 3.05) is 7.11 Å². The topological polar surface area (TPSA) is 26.3 Å². The highest BCUT2D eigenvalue weighted by Crippen LogP contribution is 2.19. The van der Waals surface area contributed by atoms with Gasteiger partial charge in [0.05, 0.1) is 6.61 Å². The Labute approximate surface area is 132 Å². The summed E-state index contributed by atoms with van der Waals surface area (Å²) in [5, 5.41) is 0. The predicted octanol–water partition coefficient (Wildman–Crippen LogP) is 4.35. The Bertz CT molecular complexity index is 671. The van der Waals surface area contributed by atoms with Gasteiger partial charge in [0, 0.05) is 18.2 Å². The van der Waals surface area contributed by atoms with Crippen LogP contribution in [0, 0.1) is 0 Å². The minimum atomic E-state index is 0.0603. The van der Waals surface area contributed by atoms with Crippen LogP contribution in [0.5, 0.6) is 0 Å². The van der Waals surface area contributed by atoms with Crippen LogP contribution in [0.2, 0.25) is 0 Å². The standard InChI is InChI=1S/C20H22O2/c1-4-7-17-11-10-15(5-2)13-19(17)20(21)18-9-6-8-16(12-18)14-22-3/h4,6,8-13H,1,5,7,14H2,2-3H3. The van der Waals surface area contributed by atoms with E-state index in [2.05, 4.69) is 19.6 Å². The number of ether oxygens (including phenoxy) is 1. The number of carbonyl (C=O) groups excluding carboxylic acids is 1. The average Bonchev–Trinajstić information content (AvgIpc) is 2.55. The molecular formula is C20H22O2. The summed E-state index contributed by atoms with van der Waals surface area (Å²) < 4.78 is 5.14. The molecule has 2 aromatic carbocycles. The summed E-state index contributed by atoms with van der Waals surface area (Å²) in [5.41, 5.74) is 4.67. The maximum atomic E-state index is 12.9. The molecule has 0 atom stereocenters. The van der Waals surface area contributed by atoms with Gasteiger partial charge in [0.2, 0.25) is 0 Å². The van der Waals surface area contributed by atoms with E-state index < -0.39 is 0 Å². The van der Waals surface area contributed by atoms with E-state index in [1.807, 2.05) is 42.5 Å². The minimum absolute atomic E-state index is 0.0603. The van der Waals surface area contributed by atoms with Gasteiger partial charge in [0.15, 0.2) is 5.78 Å². The quantitative estimate of drug-likeness (QED) is 0.560. The van der Waals surface area contributed by atoms with E-state index in [0.29, 0.717) is 18.6 Å². The highest BCUT2D eigenvalue weighted by molar-refractivity contribution is 6.10. The molecule has 2 aromatic rings. The Morgan fingerprint density at radius 3 is 2.68 bits per heavy atom. The van der Waals surface area contributed by atoms with Crippen molar-refractivity contribution in [2.24, 2.45) is 0 Å². The zero-order chi connectivity index (χ0) is 15.9. The molecule has 0 aromatic heterocycles. The third kappa shape index (κ3) is 3.71. The Balaban J connectivity index is 2.43. The molecule has 0 amide bonds. The zero-order valence-corrected chi connectivity index (χ0v) is 13.3. The monoisotopic (exact) mass is 294 g/mol. The molecule has 22 heavy (non-hydrogen) atoms. The van der Waals surface area contributed by atoms with E-state index in [1.165, 1.54) is 5.56 Å². The Morgan fingerprint density at radius 2 is 2.00 bits per heavy atom. The molecule has 114 valence electrons. The third-order valence-electron chi connectivity index (χ3n) is 3.69. The summed E-state index contributed by atoms with van der Waals surface area (Å²) >= 11 is 0. The summed E-state index contributed by atoms with van der Waals surface area (Å²) in [7, 11) is 1.65. The SMILES string of the molecule is C=CCc1ccc(CC)cc1C(=O)c1cccc(COC)c1. The van der Waals surface area contributed by atoms with Crippen LogP contribution in [0.4, 0.5) is 0 Å². The number of allylic oxidation sites excluding steroid dienone is 1. The first-order valence-electron chi connectivity index (χ1n) is 7.54. The van der Waals surface area contributed by atoms with Crippen molar-refractivity contribution in [1.29, 1.82) is 0 Å². The fourth-order valence-corrected chi connectivity index (χ4v) is 2.51. The summed E-state index contributed by atoms with van der Waals surface area (Å²) in [6, 6.07) is 13.7. The van der Waals surface area contributed by atoms with Crippen LogP contribution in [0.1, 0.15) is 39.5 Å². The van der Waals surface area contributed by atoms with Crippen LogP contribution in [0.15, 0.2) is 55.1 Å². The van der Waals surface area contributed by atoms with Gasteiger partial charge in [-0.1, -0.05) is 43.3 Å². The fraction of sp³-hybridized carbons (Fsp3) is 0.250. The molecule has 0 fully saturated rings. The zero-order valence-electron chi connectivity index (χ0n) is 13.3. The molecule has 0 saturated heterocycles. The van der Waals surface area contributed by atoms with E-state index in [1.54, 1.807) is 7.11 Å². The van der Waals surface area contributed by atoms with Crippen LogP contribution < -0.4 is 0 Å². The van der Waals surface area contributed by atoms with Gasteiger partial charge in [-0.2, -0.15) is 0 Å². The molecule has 0 bridgehead atoms. The molecule has 2 nitrogen and oxygen atoms in total. The summed E-state index contributed by atoms with van der Waals surface area (Å²) in [6.07, 6.45) is 3.44. The number of benzene rings is 2. The molecule has 0 radical (unpaired) electrons. The van der Waals surface area contributed by atoms with Gasteiger partial charge in [-0.3, -0.25) is 4.79 Å². The second-order valence-electron chi connectivity index (χ2n) is 5.30. The maximum absolute atomic E-state index is 12.9. The van der Waals surface area contributed by atoms with Crippen molar-refractivity contribution in [3.05, 3.63) is 82.9 Å². The second-order valence-corrected chi connectivity index (χ2v) is 5.30.